The topological polar surface area (TPSA) is 29.5 Å². The molecule has 0 unspecified atom stereocenters. The van der Waals surface area contributed by atoms with Gasteiger partial charge in [-0.05, 0) is 13.3 Å². The van der Waals surface area contributed by atoms with E-state index in [0.717, 1.165) is 12.8 Å². The molecule has 0 aliphatic carbocycles. The fraction of sp³-hybridized carbons (Fsp3) is 0.714. The van der Waals surface area contributed by atoms with Gasteiger partial charge < -0.3 is 0 Å². The Labute approximate surface area is 61.9 Å². The van der Waals surface area contributed by atoms with Gasteiger partial charge >= 0.3 is 0 Å². The molecule has 3 heteroatoms. The standard InChI is InChI=1S/C7H14NO2/c1-3-5-6-8(7-9)10-4-2/h7H,1,3-6H2,2H3. The highest BCUT2D eigenvalue weighted by molar-refractivity contribution is 5.44. The van der Waals surface area contributed by atoms with Gasteiger partial charge in [-0.3, -0.25) is 9.63 Å². The molecule has 3 nitrogen and oxygen atoms in total. The Hall–Kier alpha value is -0.570. The van der Waals surface area contributed by atoms with Crippen LogP contribution < -0.4 is 0 Å². The lowest BCUT2D eigenvalue weighted by molar-refractivity contribution is -0.170. The van der Waals surface area contributed by atoms with Crippen molar-refractivity contribution in [2.45, 2.75) is 19.8 Å². The van der Waals surface area contributed by atoms with E-state index in [4.69, 9.17) is 4.84 Å². The van der Waals surface area contributed by atoms with Crippen molar-refractivity contribution in [1.29, 1.82) is 0 Å². The molecule has 0 N–H and O–H groups in total. The fourth-order valence-corrected chi connectivity index (χ4v) is 0.581. The number of nitrogens with zero attached hydrogens (tertiary/aromatic N) is 1. The molecule has 0 rings (SSSR count). The van der Waals surface area contributed by atoms with Crippen LogP contribution >= 0.6 is 0 Å². The predicted molar refractivity (Wildman–Crippen MR) is 39.0 cm³/mol. The van der Waals surface area contributed by atoms with Crippen LogP contribution in [0.5, 0.6) is 0 Å². The molecular formula is C7H14NO2. The van der Waals surface area contributed by atoms with Crippen LogP contribution in [0.25, 0.3) is 0 Å². The Morgan fingerprint density at radius 3 is 2.80 bits per heavy atom. The van der Waals surface area contributed by atoms with Gasteiger partial charge in [0.2, 0.25) is 6.41 Å². The van der Waals surface area contributed by atoms with Gasteiger partial charge in [-0.2, -0.15) is 0 Å². The first-order chi connectivity index (χ1) is 4.85. The maximum Gasteiger partial charge on any atom is 0.233 e. The van der Waals surface area contributed by atoms with Crippen molar-refractivity contribution >= 4 is 6.41 Å². The molecule has 0 atom stereocenters. The number of hydrogen-bond acceptors (Lipinski definition) is 2. The van der Waals surface area contributed by atoms with Crippen LogP contribution in [0.3, 0.4) is 0 Å². The average Bonchev–Trinajstić information content (AvgIpc) is 1.98. The molecule has 0 spiro atoms. The van der Waals surface area contributed by atoms with E-state index >= 15 is 0 Å². The number of carbonyl (C=O) groups is 1. The molecule has 1 amide bonds. The van der Waals surface area contributed by atoms with E-state index < -0.39 is 0 Å². The van der Waals surface area contributed by atoms with Gasteiger partial charge in [-0.1, -0.05) is 13.3 Å². The van der Waals surface area contributed by atoms with E-state index in [1.807, 2.05) is 6.92 Å². The highest BCUT2D eigenvalue weighted by Crippen LogP contribution is 1.91. The van der Waals surface area contributed by atoms with Crippen LogP contribution in [0.1, 0.15) is 19.8 Å². The summed E-state index contributed by atoms with van der Waals surface area (Å²) in [6, 6.07) is 0. The van der Waals surface area contributed by atoms with Gasteiger partial charge in [0.1, 0.15) is 0 Å². The number of carbonyl (C=O) groups excluding carboxylic acids is 1. The molecule has 59 valence electrons. The first-order valence-electron chi connectivity index (χ1n) is 3.49. The summed E-state index contributed by atoms with van der Waals surface area (Å²) in [4.78, 5) is 15.1. The number of amides is 1. The van der Waals surface area contributed by atoms with Crippen LogP contribution in [0.15, 0.2) is 0 Å². The largest absolute Gasteiger partial charge is 0.276 e. The van der Waals surface area contributed by atoms with Crippen molar-refractivity contribution in [3.05, 3.63) is 6.92 Å². The molecule has 0 bridgehead atoms. The quantitative estimate of drug-likeness (QED) is 0.411. The summed E-state index contributed by atoms with van der Waals surface area (Å²) in [5, 5.41) is 1.30. The van der Waals surface area contributed by atoms with E-state index in [0.29, 0.717) is 19.6 Å². The summed E-state index contributed by atoms with van der Waals surface area (Å²) in [5.41, 5.74) is 0. The zero-order chi connectivity index (χ0) is 7.82. The van der Waals surface area contributed by atoms with Crippen LogP contribution in [-0.4, -0.2) is 24.6 Å². The van der Waals surface area contributed by atoms with Crippen molar-refractivity contribution in [3.8, 4) is 0 Å². The van der Waals surface area contributed by atoms with E-state index in [-0.39, 0.29) is 0 Å². The second-order valence-corrected chi connectivity index (χ2v) is 1.87. The lowest BCUT2D eigenvalue weighted by Crippen LogP contribution is -2.23. The number of hydrogen-bond donors (Lipinski definition) is 0. The third-order valence-electron chi connectivity index (χ3n) is 1.04. The number of unbranched alkanes of at least 4 members (excludes halogenated alkanes) is 1. The number of rotatable bonds is 6. The van der Waals surface area contributed by atoms with Gasteiger partial charge in [0.15, 0.2) is 0 Å². The molecule has 0 saturated carbocycles. The molecule has 0 aliphatic heterocycles. The molecule has 0 heterocycles. The van der Waals surface area contributed by atoms with Crippen LogP contribution in [0.2, 0.25) is 0 Å². The Morgan fingerprint density at radius 2 is 2.40 bits per heavy atom. The highest BCUT2D eigenvalue weighted by Gasteiger charge is 1.97. The Morgan fingerprint density at radius 1 is 1.70 bits per heavy atom. The van der Waals surface area contributed by atoms with Gasteiger partial charge in [0, 0.05) is 6.54 Å². The predicted octanol–water partition coefficient (Wildman–Crippen LogP) is 1.01. The summed E-state index contributed by atoms with van der Waals surface area (Å²) in [6.45, 7) is 6.68. The summed E-state index contributed by atoms with van der Waals surface area (Å²) in [6.07, 6.45) is 2.41. The molecular weight excluding hydrogens is 130 g/mol. The smallest absolute Gasteiger partial charge is 0.233 e. The van der Waals surface area contributed by atoms with Crippen molar-refractivity contribution in [2.75, 3.05) is 13.2 Å². The summed E-state index contributed by atoms with van der Waals surface area (Å²) >= 11 is 0. The lowest BCUT2D eigenvalue weighted by Gasteiger charge is -2.14. The SMILES string of the molecule is [CH2]CCCN(C=O)OCC. The third kappa shape index (κ3) is 4.32. The van der Waals surface area contributed by atoms with Crippen molar-refractivity contribution < 1.29 is 9.63 Å². The molecule has 1 radical (unpaired) electrons. The van der Waals surface area contributed by atoms with Crippen molar-refractivity contribution in [1.82, 2.24) is 5.06 Å². The normalized spacial score (nSPS) is 9.40. The second kappa shape index (κ2) is 6.55. The van der Waals surface area contributed by atoms with Crippen LogP contribution in [-0.2, 0) is 9.63 Å². The summed E-state index contributed by atoms with van der Waals surface area (Å²) in [5.74, 6) is 0. The zero-order valence-corrected chi connectivity index (χ0v) is 6.38. The molecule has 0 aliphatic rings. The minimum atomic E-state index is 0.538. The minimum Gasteiger partial charge on any atom is -0.276 e. The van der Waals surface area contributed by atoms with E-state index in [2.05, 4.69) is 6.92 Å². The van der Waals surface area contributed by atoms with Crippen molar-refractivity contribution in [3.63, 3.8) is 0 Å². The summed E-state index contributed by atoms with van der Waals surface area (Å²) in [7, 11) is 0. The molecule has 10 heavy (non-hydrogen) atoms. The maximum absolute atomic E-state index is 10.2. The average molecular weight is 144 g/mol. The highest BCUT2D eigenvalue weighted by atomic mass is 16.7. The maximum atomic E-state index is 10.2. The Kier molecular flexibility index (Phi) is 6.18. The van der Waals surface area contributed by atoms with Gasteiger partial charge in [-0.15, -0.1) is 0 Å². The second-order valence-electron chi connectivity index (χ2n) is 1.87. The minimum absolute atomic E-state index is 0.538. The van der Waals surface area contributed by atoms with E-state index in [9.17, 15) is 4.79 Å². The number of hydroxylamine groups is 2. The van der Waals surface area contributed by atoms with E-state index in [1.54, 1.807) is 0 Å². The van der Waals surface area contributed by atoms with Gasteiger partial charge in [0.05, 0.1) is 6.61 Å². The first kappa shape index (κ1) is 9.43. The molecule has 0 aromatic heterocycles. The first-order valence-corrected chi connectivity index (χ1v) is 3.49. The Bertz CT molecular complexity index is 85.7. The molecule has 0 saturated heterocycles. The lowest BCUT2D eigenvalue weighted by atomic mass is 10.3. The molecule has 0 aromatic carbocycles. The fourth-order valence-electron chi connectivity index (χ4n) is 0.581. The van der Waals surface area contributed by atoms with Gasteiger partial charge in [-0.25, -0.2) is 5.06 Å². The molecule has 0 fully saturated rings. The summed E-state index contributed by atoms with van der Waals surface area (Å²) < 4.78 is 0. The van der Waals surface area contributed by atoms with Crippen molar-refractivity contribution in [2.24, 2.45) is 0 Å². The van der Waals surface area contributed by atoms with Crippen LogP contribution in [0, 0.1) is 6.92 Å². The Balaban J connectivity index is 3.29. The molecule has 0 aromatic rings. The third-order valence-corrected chi connectivity index (χ3v) is 1.04. The van der Waals surface area contributed by atoms with E-state index in [1.165, 1.54) is 5.06 Å². The zero-order valence-electron chi connectivity index (χ0n) is 6.38. The van der Waals surface area contributed by atoms with Gasteiger partial charge in [0.25, 0.3) is 0 Å². The monoisotopic (exact) mass is 144 g/mol. The van der Waals surface area contributed by atoms with Crippen LogP contribution in [0.4, 0.5) is 0 Å².